The van der Waals surface area contributed by atoms with Gasteiger partial charge in [-0.1, -0.05) is 23.2 Å². The molecule has 21 heavy (non-hydrogen) atoms. The normalized spacial score (nSPS) is 10.5. The summed E-state index contributed by atoms with van der Waals surface area (Å²) >= 11 is 11.4. The summed E-state index contributed by atoms with van der Waals surface area (Å²) in [5, 5.41) is 10.7. The number of ether oxygens (including phenoxy) is 1. The molecule has 0 saturated heterocycles. The van der Waals surface area contributed by atoms with E-state index in [1.165, 1.54) is 12.1 Å². The smallest absolute Gasteiger partial charge is 0.307 e. The largest absolute Gasteiger partial charge is 0.486 e. The molecular weight excluding hydrogens is 329 g/mol. The number of nitro benzene ring substituents is 1. The average Bonchev–Trinajstić information content (AvgIpc) is 2.40. The van der Waals surface area contributed by atoms with Crippen LogP contribution in [-0.4, -0.2) is 9.91 Å². The number of hydrogen-bond acceptors (Lipinski definition) is 4. The van der Waals surface area contributed by atoms with Gasteiger partial charge in [0.1, 0.15) is 16.9 Å². The van der Waals surface area contributed by atoms with Crippen molar-refractivity contribution in [3.05, 3.63) is 61.9 Å². The zero-order valence-corrected chi connectivity index (χ0v) is 11.7. The third-order valence-corrected chi connectivity index (χ3v) is 3.01. The molecule has 0 radical (unpaired) electrons. The Balaban J connectivity index is 2.20. The Hall–Kier alpha value is -1.99. The number of halogens is 4. The van der Waals surface area contributed by atoms with Crippen LogP contribution in [0.25, 0.3) is 0 Å². The molecule has 0 fully saturated rings. The predicted molar refractivity (Wildman–Crippen MR) is 71.6 cm³/mol. The molecule has 0 aliphatic heterocycles. The lowest BCUT2D eigenvalue weighted by molar-refractivity contribution is -0.387. The Labute approximate surface area is 127 Å². The number of aromatic nitrogens is 1. The summed E-state index contributed by atoms with van der Waals surface area (Å²) in [7, 11) is 0. The third kappa shape index (κ3) is 3.56. The van der Waals surface area contributed by atoms with Crippen molar-refractivity contribution in [3.8, 4) is 5.75 Å². The van der Waals surface area contributed by atoms with E-state index in [4.69, 9.17) is 27.9 Å². The van der Waals surface area contributed by atoms with Crippen molar-refractivity contribution >= 4 is 28.9 Å². The first kappa shape index (κ1) is 15.4. The standard InChI is InChI=1S/C12H6Cl2F2N2O3/c13-11-2-1-6(12(14)17-11)5-21-10-4-7(15)9(18(19)20)3-8(10)16/h1-4H,5H2. The minimum atomic E-state index is -1.20. The second-order valence-corrected chi connectivity index (χ2v) is 4.61. The summed E-state index contributed by atoms with van der Waals surface area (Å²) < 4.78 is 32.0. The Bertz CT molecular complexity index is 713. The van der Waals surface area contributed by atoms with Crippen molar-refractivity contribution < 1.29 is 18.4 Å². The third-order valence-electron chi connectivity index (χ3n) is 2.47. The maximum absolute atomic E-state index is 13.6. The number of pyridine rings is 1. The van der Waals surface area contributed by atoms with Gasteiger partial charge in [-0.2, -0.15) is 4.39 Å². The lowest BCUT2D eigenvalue weighted by Crippen LogP contribution is -2.01. The first-order chi connectivity index (χ1) is 9.88. The van der Waals surface area contributed by atoms with Crippen molar-refractivity contribution in [2.75, 3.05) is 0 Å². The van der Waals surface area contributed by atoms with Gasteiger partial charge in [-0.05, 0) is 12.1 Å². The number of benzene rings is 1. The number of nitro groups is 1. The molecule has 0 bridgehead atoms. The van der Waals surface area contributed by atoms with E-state index in [2.05, 4.69) is 4.98 Å². The molecular formula is C12H6Cl2F2N2O3. The van der Waals surface area contributed by atoms with Crippen LogP contribution in [0, 0.1) is 21.7 Å². The van der Waals surface area contributed by atoms with Crippen LogP contribution in [0.5, 0.6) is 5.75 Å². The highest BCUT2D eigenvalue weighted by molar-refractivity contribution is 6.32. The molecule has 9 heteroatoms. The fraction of sp³-hybridized carbons (Fsp3) is 0.0833. The second kappa shape index (κ2) is 6.19. The van der Waals surface area contributed by atoms with E-state index >= 15 is 0 Å². The van der Waals surface area contributed by atoms with Gasteiger partial charge in [-0.25, -0.2) is 9.37 Å². The zero-order valence-electron chi connectivity index (χ0n) is 10.1. The highest BCUT2D eigenvalue weighted by atomic mass is 35.5. The monoisotopic (exact) mass is 334 g/mol. The molecule has 2 aromatic rings. The second-order valence-electron chi connectivity index (χ2n) is 3.86. The van der Waals surface area contributed by atoms with Crippen molar-refractivity contribution in [1.29, 1.82) is 0 Å². The number of nitrogens with zero attached hydrogens (tertiary/aromatic N) is 2. The highest BCUT2D eigenvalue weighted by Crippen LogP contribution is 2.27. The molecule has 0 atom stereocenters. The van der Waals surface area contributed by atoms with Gasteiger partial charge in [0, 0.05) is 11.6 Å². The van der Waals surface area contributed by atoms with Crippen molar-refractivity contribution in [2.45, 2.75) is 6.61 Å². The molecule has 1 aromatic heterocycles. The average molecular weight is 335 g/mol. The molecule has 1 aromatic carbocycles. The van der Waals surface area contributed by atoms with Crippen LogP contribution in [0.1, 0.15) is 5.56 Å². The van der Waals surface area contributed by atoms with Gasteiger partial charge in [0.05, 0.1) is 11.0 Å². The molecule has 0 amide bonds. The summed E-state index contributed by atoms with van der Waals surface area (Å²) in [6, 6.07) is 4.02. The molecule has 0 N–H and O–H groups in total. The van der Waals surface area contributed by atoms with Gasteiger partial charge in [-0.15, -0.1) is 0 Å². The maximum atomic E-state index is 13.6. The Morgan fingerprint density at radius 3 is 2.57 bits per heavy atom. The molecule has 2 rings (SSSR count). The summed E-state index contributed by atoms with van der Waals surface area (Å²) in [5.41, 5.74) is -0.565. The number of hydrogen-bond donors (Lipinski definition) is 0. The van der Waals surface area contributed by atoms with Gasteiger partial charge < -0.3 is 4.74 Å². The van der Waals surface area contributed by atoms with E-state index in [0.29, 0.717) is 17.7 Å². The predicted octanol–water partition coefficient (Wildman–Crippen LogP) is 4.15. The minimum Gasteiger partial charge on any atom is -0.486 e. The lowest BCUT2D eigenvalue weighted by Gasteiger charge is -2.08. The van der Waals surface area contributed by atoms with Gasteiger partial charge in [-0.3, -0.25) is 10.1 Å². The quantitative estimate of drug-likeness (QED) is 0.478. The molecule has 0 spiro atoms. The van der Waals surface area contributed by atoms with Crippen LogP contribution in [0.2, 0.25) is 10.3 Å². The Kier molecular flexibility index (Phi) is 4.54. The number of rotatable bonds is 4. The van der Waals surface area contributed by atoms with Crippen LogP contribution >= 0.6 is 23.2 Å². The van der Waals surface area contributed by atoms with Crippen molar-refractivity contribution in [1.82, 2.24) is 4.98 Å². The SMILES string of the molecule is O=[N+]([O-])c1cc(F)c(OCc2ccc(Cl)nc2Cl)cc1F. The summed E-state index contributed by atoms with van der Waals surface area (Å²) in [6.07, 6.45) is 0. The highest BCUT2D eigenvalue weighted by Gasteiger charge is 2.19. The first-order valence-corrected chi connectivity index (χ1v) is 6.21. The molecule has 5 nitrogen and oxygen atoms in total. The van der Waals surface area contributed by atoms with E-state index < -0.39 is 28.0 Å². The van der Waals surface area contributed by atoms with Crippen LogP contribution < -0.4 is 4.74 Å². The fourth-order valence-corrected chi connectivity index (χ4v) is 1.87. The summed E-state index contributed by atoms with van der Waals surface area (Å²) in [5.74, 6) is -2.72. The zero-order chi connectivity index (χ0) is 15.6. The van der Waals surface area contributed by atoms with Gasteiger partial charge >= 0.3 is 5.69 Å². The topological polar surface area (TPSA) is 65.3 Å². The van der Waals surface area contributed by atoms with Gasteiger partial charge in [0.15, 0.2) is 11.6 Å². The molecule has 110 valence electrons. The van der Waals surface area contributed by atoms with Gasteiger partial charge in [0.2, 0.25) is 5.82 Å². The lowest BCUT2D eigenvalue weighted by atomic mass is 10.2. The Morgan fingerprint density at radius 1 is 1.24 bits per heavy atom. The molecule has 0 unspecified atom stereocenters. The van der Waals surface area contributed by atoms with E-state index in [9.17, 15) is 18.9 Å². The van der Waals surface area contributed by atoms with E-state index in [0.717, 1.165) is 0 Å². The van der Waals surface area contributed by atoms with Crippen molar-refractivity contribution in [3.63, 3.8) is 0 Å². The van der Waals surface area contributed by atoms with Crippen molar-refractivity contribution in [2.24, 2.45) is 0 Å². The van der Waals surface area contributed by atoms with E-state index in [1.54, 1.807) is 0 Å². The summed E-state index contributed by atoms with van der Waals surface area (Å²) in [4.78, 5) is 13.2. The minimum absolute atomic E-state index is 0.0605. The maximum Gasteiger partial charge on any atom is 0.307 e. The van der Waals surface area contributed by atoms with E-state index in [1.807, 2.05) is 0 Å². The van der Waals surface area contributed by atoms with Gasteiger partial charge in [0.25, 0.3) is 0 Å². The van der Waals surface area contributed by atoms with Crippen LogP contribution in [0.3, 0.4) is 0 Å². The summed E-state index contributed by atoms with van der Waals surface area (Å²) in [6.45, 7) is -0.197. The van der Waals surface area contributed by atoms with Crippen LogP contribution in [0.15, 0.2) is 24.3 Å². The van der Waals surface area contributed by atoms with Crippen LogP contribution in [0.4, 0.5) is 14.5 Å². The molecule has 0 aliphatic rings. The molecule has 0 aliphatic carbocycles. The van der Waals surface area contributed by atoms with E-state index in [-0.39, 0.29) is 16.9 Å². The first-order valence-electron chi connectivity index (χ1n) is 5.45. The molecule has 1 heterocycles. The Morgan fingerprint density at radius 2 is 1.95 bits per heavy atom. The fourth-order valence-electron chi connectivity index (χ4n) is 1.47. The molecule has 0 saturated carbocycles. The van der Waals surface area contributed by atoms with Crippen LogP contribution in [-0.2, 0) is 6.61 Å².